The Balaban J connectivity index is 2.10. The summed E-state index contributed by atoms with van der Waals surface area (Å²) < 4.78 is 5.37. The zero-order valence-electron chi connectivity index (χ0n) is 9.60. The molecule has 2 aromatic heterocycles. The number of hydrogen-bond donors (Lipinski definition) is 1. The Labute approximate surface area is 95.3 Å². The Hall–Kier alpha value is -1.61. The van der Waals surface area contributed by atoms with Gasteiger partial charge in [-0.15, -0.1) is 0 Å². The normalized spacial score (nSPS) is 12.7. The zero-order valence-corrected chi connectivity index (χ0v) is 9.60. The third-order valence-corrected chi connectivity index (χ3v) is 2.64. The van der Waals surface area contributed by atoms with Crippen LogP contribution in [0.5, 0.6) is 0 Å². The second-order valence-corrected chi connectivity index (χ2v) is 4.11. The Morgan fingerprint density at radius 3 is 2.69 bits per heavy atom. The van der Waals surface area contributed by atoms with Crippen LogP contribution >= 0.6 is 0 Å². The summed E-state index contributed by atoms with van der Waals surface area (Å²) >= 11 is 0. The van der Waals surface area contributed by atoms with E-state index < -0.39 is 0 Å². The summed E-state index contributed by atoms with van der Waals surface area (Å²) in [5.74, 6) is 0.849. The van der Waals surface area contributed by atoms with Crippen molar-refractivity contribution >= 4 is 0 Å². The van der Waals surface area contributed by atoms with E-state index in [1.54, 1.807) is 6.26 Å². The van der Waals surface area contributed by atoms with Crippen LogP contribution in [0.3, 0.4) is 0 Å². The van der Waals surface area contributed by atoms with E-state index >= 15 is 0 Å². The molecule has 2 heterocycles. The quantitative estimate of drug-likeness (QED) is 0.857. The zero-order chi connectivity index (χ0) is 11.5. The molecule has 0 amide bonds. The van der Waals surface area contributed by atoms with Gasteiger partial charge in [-0.1, -0.05) is 6.07 Å². The molecule has 0 spiro atoms. The number of rotatable bonds is 3. The van der Waals surface area contributed by atoms with Crippen molar-refractivity contribution in [3.05, 3.63) is 53.2 Å². The number of hydrogen-bond acceptors (Lipinski definition) is 3. The molecule has 3 nitrogen and oxygen atoms in total. The molecule has 2 rings (SSSR count). The maximum atomic E-state index is 6.08. The van der Waals surface area contributed by atoms with Gasteiger partial charge in [0.05, 0.1) is 12.3 Å². The van der Waals surface area contributed by atoms with Crippen molar-refractivity contribution in [1.29, 1.82) is 0 Å². The lowest BCUT2D eigenvalue weighted by molar-refractivity contribution is 0.460. The molecule has 0 aromatic carbocycles. The van der Waals surface area contributed by atoms with E-state index in [-0.39, 0.29) is 6.04 Å². The van der Waals surface area contributed by atoms with Crippen LogP contribution in [-0.4, -0.2) is 4.98 Å². The van der Waals surface area contributed by atoms with Gasteiger partial charge in [0.2, 0.25) is 0 Å². The number of nitrogens with zero attached hydrogens (tertiary/aromatic N) is 1. The van der Waals surface area contributed by atoms with Crippen LogP contribution < -0.4 is 5.73 Å². The Bertz CT molecular complexity index is 459. The average molecular weight is 216 g/mol. The van der Waals surface area contributed by atoms with Crippen LogP contribution in [0.15, 0.2) is 35.1 Å². The summed E-state index contributed by atoms with van der Waals surface area (Å²) in [4.78, 5) is 4.34. The second-order valence-electron chi connectivity index (χ2n) is 4.11. The first-order valence-electron chi connectivity index (χ1n) is 5.38. The van der Waals surface area contributed by atoms with E-state index in [1.807, 2.05) is 38.2 Å². The van der Waals surface area contributed by atoms with Crippen molar-refractivity contribution in [2.45, 2.75) is 26.3 Å². The molecule has 2 N–H and O–H groups in total. The lowest BCUT2D eigenvalue weighted by Crippen LogP contribution is -2.14. The first-order chi connectivity index (χ1) is 7.66. The monoisotopic (exact) mass is 216 g/mol. The summed E-state index contributed by atoms with van der Waals surface area (Å²) in [5, 5.41) is 0. The van der Waals surface area contributed by atoms with Crippen molar-refractivity contribution in [3.63, 3.8) is 0 Å². The third kappa shape index (κ3) is 2.31. The summed E-state index contributed by atoms with van der Waals surface area (Å²) in [6.45, 7) is 4.02. The molecule has 0 radical (unpaired) electrons. The summed E-state index contributed by atoms with van der Waals surface area (Å²) in [6.07, 6.45) is 4.23. The average Bonchev–Trinajstić information content (AvgIpc) is 2.68. The van der Waals surface area contributed by atoms with Crippen molar-refractivity contribution in [1.82, 2.24) is 4.98 Å². The molecule has 1 unspecified atom stereocenters. The van der Waals surface area contributed by atoms with Gasteiger partial charge in [0.15, 0.2) is 0 Å². The molecular weight excluding hydrogens is 200 g/mol. The number of nitrogens with two attached hydrogens (primary N) is 1. The minimum Gasteiger partial charge on any atom is -0.467 e. The van der Waals surface area contributed by atoms with Gasteiger partial charge in [-0.05, 0) is 37.1 Å². The highest BCUT2D eigenvalue weighted by Crippen LogP contribution is 2.19. The topological polar surface area (TPSA) is 52.0 Å². The van der Waals surface area contributed by atoms with Crippen LogP contribution in [0.1, 0.15) is 28.6 Å². The maximum Gasteiger partial charge on any atom is 0.123 e. The number of furan rings is 1. The number of aromatic nitrogens is 1. The van der Waals surface area contributed by atoms with Gasteiger partial charge in [0, 0.05) is 18.3 Å². The first kappa shape index (κ1) is 10.9. The molecular formula is C13H16N2O. The lowest BCUT2D eigenvalue weighted by atomic mass is 10.1. The van der Waals surface area contributed by atoms with Crippen LogP contribution in [-0.2, 0) is 6.42 Å². The maximum absolute atomic E-state index is 6.08. The highest BCUT2D eigenvalue weighted by molar-refractivity contribution is 5.20. The van der Waals surface area contributed by atoms with E-state index in [9.17, 15) is 0 Å². The van der Waals surface area contributed by atoms with Crippen molar-refractivity contribution in [3.8, 4) is 0 Å². The minimum atomic E-state index is -0.120. The molecule has 0 bridgehead atoms. The fourth-order valence-corrected chi connectivity index (χ4v) is 1.70. The van der Waals surface area contributed by atoms with Gasteiger partial charge in [0.25, 0.3) is 0 Å². The minimum absolute atomic E-state index is 0.120. The molecule has 2 aromatic rings. The van der Waals surface area contributed by atoms with Gasteiger partial charge in [0.1, 0.15) is 5.76 Å². The standard InChI is InChI=1S/C13H16N2O/c1-9-3-4-11(15-8-9)7-12(14)13-10(2)5-6-16-13/h3-6,8,12H,7,14H2,1-2H3. The van der Waals surface area contributed by atoms with Crippen molar-refractivity contribution in [2.24, 2.45) is 5.73 Å². The molecule has 0 aliphatic heterocycles. The number of pyridine rings is 1. The van der Waals surface area contributed by atoms with E-state index in [1.165, 1.54) is 0 Å². The summed E-state index contributed by atoms with van der Waals surface area (Å²) in [6, 6.07) is 5.86. The molecule has 0 aliphatic rings. The third-order valence-electron chi connectivity index (χ3n) is 2.64. The van der Waals surface area contributed by atoms with E-state index in [0.717, 1.165) is 22.6 Å². The highest BCUT2D eigenvalue weighted by atomic mass is 16.3. The lowest BCUT2D eigenvalue weighted by Gasteiger charge is -2.09. The SMILES string of the molecule is Cc1ccc(CC(N)c2occc2C)nc1. The van der Waals surface area contributed by atoms with E-state index in [4.69, 9.17) is 10.2 Å². The smallest absolute Gasteiger partial charge is 0.123 e. The van der Waals surface area contributed by atoms with Gasteiger partial charge in [-0.3, -0.25) is 4.98 Å². The molecule has 1 atom stereocenters. The molecule has 0 saturated heterocycles. The predicted molar refractivity (Wildman–Crippen MR) is 63.1 cm³/mol. The van der Waals surface area contributed by atoms with E-state index in [0.29, 0.717) is 6.42 Å². The summed E-state index contributed by atoms with van der Waals surface area (Å²) in [5.41, 5.74) is 9.33. The Kier molecular flexibility index (Phi) is 3.06. The summed E-state index contributed by atoms with van der Waals surface area (Å²) in [7, 11) is 0. The van der Waals surface area contributed by atoms with Gasteiger partial charge in [-0.2, -0.15) is 0 Å². The van der Waals surface area contributed by atoms with Gasteiger partial charge >= 0.3 is 0 Å². The van der Waals surface area contributed by atoms with E-state index in [2.05, 4.69) is 4.98 Å². The van der Waals surface area contributed by atoms with Crippen molar-refractivity contribution < 1.29 is 4.42 Å². The van der Waals surface area contributed by atoms with Gasteiger partial charge < -0.3 is 10.2 Å². The Morgan fingerprint density at radius 2 is 2.12 bits per heavy atom. The first-order valence-corrected chi connectivity index (χ1v) is 5.38. The fourth-order valence-electron chi connectivity index (χ4n) is 1.70. The fraction of sp³-hybridized carbons (Fsp3) is 0.308. The molecule has 0 fully saturated rings. The number of aryl methyl sites for hydroxylation is 2. The van der Waals surface area contributed by atoms with Crippen molar-refractivity contribution in [2.75, 3.05) is 0 Å². The highest BCUT2D eigenvalue weighted by Gasteiger charge is 2.13. The molecule has 16 heavy (non-hydrogen) atoms. The molecule has 0 saturated carbocycles. The second kappa shape index (κ2) is 4.49. The molecule has 0 aliphatic carbocycles. The van der Waals surface area contributed by atoms with Crippen LogP contribution in [0.4, 0.5) is 0 Å². The Morgan fingerprint density at radius 1 is 1.31 bits per heavy atom. The largest absolute Gasteiger partial charge is 0.467 e. The molecule has 3 heteroatoms. The molecule has 84 valence electrons. The van der Waals surface area contributed by atoms with Gasteiger partial charge in [-0.25, -0.2) is 0 Å². The predicted octanol–water partition coefficient (Wildman–Crippen LogP) is 2.53. The van der Waals surface area contributed by atoms with Crippen LogP contribution in [0, 0.1) is 13.8 Å². The van der Waals surface area contributed by atoms with Crippen LogP contribution in [0.2, 0.25) is 0 Å². The van der Waals surface area contributed by atoms with Crippen LogP contribution in [0.25, 0.3) is 0 Å².